The van der Waals surface area contributed by atoms with Crippen molar-refractivity contribution in [2.45, 2.75) is 19.8 Å². The van der Waals surface area contributed by atoms with Gasteiger partial charge in [-0.15, -0.1) is 0 Å². The van der Waals surface area contributed by atoms with Gasteiger partial charge in [-0.25, -0.2) is 9.50 Å². The fourth-order valence-electron chi connectivity index (χ4n) is 1.86. The average molecular weight is 239 g/mol. The Labute approximate surface area is 99.4 Å². The largest absolute Gasteiger partial charge is 0.330 e. The number of aromatic nitrogens is 3. The lowest BCUT2D eigenvalue weighted by atomic mass is 9.93. The molecule has 2 aromatic rings. The first-order valence-corrected chi connectivity index (χ1v) is 5.71. The maximum absolute atomic E-state index is 5.88. The topological polar surface area (TPSA) is 56.2 Å². The molecule has 0 saturated carbocycles. The molecule has 0 aliphatic rings. The van der Waals surface area contributed by atoms with Gasteiger partial charge in [-0.1, -0.05) is 25.4 Å². The SMILES string of the molecule is CC(C)C(CN)c1cnc2ccc(Cl)nn12. The molecule has 1 unspecified atom stereocenters. The Morgan fingerprint density at radius 1 is 1.44 bits per heavy atom. The summed E-state index contributed by atoms with van der Waals surface area (Å²) in [5.41, 5.74) is 7.62. The van der Waals surface area contributed by atoms with Crippen molar-refractivity contribution in [3.63, 3.8) is 0 Å². The zero-order chi connectivity index (χ0) is 11.7. The Morgan fingerprint density at radius 2 is 2.19 bits per heavy atom. The third kappa shape index (κ3) is 1.90. The summed E-state index contributed by atoms with van der Waals surface area (Å²) in [6, 6.07) is 3.59. The molecule has 0 aliphatic heterocycles. The van der Waals surface area contributed by atoms with Gasteiger partial charge < -0.3 is 5.73 Å². The van der Waals surface area contributed by atoms with Crippen LogP contribution < -0.4 is 5.73 Å². The van der Waals surface area contributed by atoms with Crippen molar-refractivity contribution in [3.05, 3.63) is 29.2 Å². The number of rotatable bonds is 3. The van der Waals surface area contributed by atoms with Crippen LogP contribution in [0.2, 0.25) is 5.15 Å². The first kappa shape index (κ1) is 11.4. The molecule has 0 amide bonds. The minimum absolute atomic E-state index is 0.251. The molecule has 86 valence electrons. The molecular weight excluding hydrogens is 224 g/mol. The van der Waals surface area contributed by atoms with Gasteiger partial charge >= 0.3 is 0 Å². The zero-order valence-electron chi connectivity index (χ0n) is 9.39. The Bertz CT molecular complexity index is 492. The summed E-state index contributed by atoms with van der Waals surface area (Å²) in [5, 5.41) is 4.72. The van der Waals surface area contributed by atoms with Gasteiger partial charge in [-0.3, -0.25) is 0 Å². The van der Waals surface area contributed by atoms with Crippen LogP contribution in [0.4, 0.5) is 0 Å². The molecule has 4 nitrogen and oxygen atoms in total. The predicted octanol–water partition coefficient (Wildman–Crippen LogP) is 2.08. The average Bonchev–Trinajstić information content (AvgIpc) is 2.62. The quantitative estimate of drug-likeness (QED) is 0.891. The van der Waals surface area contributed by atoms with Gasteiger partial charge in [0.25, 0.3) is 0 Å². The molecule has 0 spiro atoms. The monoisotopic (exact) mass is 238 g/mol. The van der Waals surface area contributed by atoms with Crippen LogP contribution in [0.25, 0.3) is 5.65 Å². The molecule has 2 aromatic heterocycles. The summed E-state index contributed by atoms with van der Waals surface area (Å²) in [6.45, 7) is 4.86. The summed E-state index contributed by atoms with van der Waals surface area (Å²) in [7, 11) is 0. The van der Waals surface area contributed by atoms with Crippen LogP contribution in [-0.2, 0) is 0 Å². The highest BCUT2D eigenvalue weighted by Gasteiger charge is 2.18. The van der Waals surface area contributed by atoms with Crippen LogP contribution >= 0.6 is 11.6 Å². The minimum Gasteiger partial charge on any atom is -0.330 e. The van der Waals surface area contributed by atoms with E-state index in [-0.39, 0.29) is 5.92 Å². The third-order valence-electron chi connectivity index (χ3n) is 2.79. The summed E-state index contributed by atoms with van der Waals surface area (Å²) in [5.74, 6) is 0.701. The Kier molecular flexibility index (Phi) is 3.12. The van der Waals surface area contributed by atoms with Crippen molar-refractivity contribution in [2.24, 2.45) is 11.7 Å². The maximum Gasteiger partial charge on any atom is 0.153 e. The van der Waals surface area contributed by atoms with E-state index in [1.54, 1.807) is 10.6 Å². The van der Waals surface area contributed by atoms with Crippen molar-refractivity contribution < 1.29 is 0 Å². The first-order chi connectivity index (χ1) is 7.63. The molecule has 0 aromatic carbocycles. The van der Waals surface area contributed by atoms with Gasteiger partial charge in [-0.2, -0.15) is 5.10 Å². The second kappa shape index (κ2) is 4.39. The fourth-order valence-corrected chi connectivity index (χ4v) is 1.99. The van der Waals surface area contributed by atoms with E-state index in [4.69, 9.17) is 17.3 Å². The lowest BCUT2D eigenvalue weighted by molar-refractivity contribution is 0.487. The van der Waals surface area contributed by atoms with E-state index < -0.39 is 0 Å². The second-order valence-electron chi connectivity index (χ2n) is 4.20. The highest BCUT2D eigenvalue weighted by molar-refractivity contribution is 6.29. The molecule has 2 N–H and O–H groups in total. The summed E-state index contributed by atoms with van der Waals surface area (Å²) < 4.78 is 1.78. The summed E-state index contributed by atoms with van der Waals surface area (Å²) in [4.78, 5) is 4.30. The normalized spacial score (nSPS) is 13.6. The molecule has 1 atom stereocenters. The number of fused-ring (bicyclic) bond motifs is 1. The van der Waals surface area contributed by atoms with Gasteiger partial charge in [0.1, 0.15) is 5.15 Å². The van der Waals surface area contributed by atoms with Crippen LogP contribution in [-0.4, -0.2) is 21.1 Å². The van der Waals surface area contributed by atoms with E-state index in [0.29, 0.717) is 17.6 Å². The molecule has 0 radical (unpaired) electrons. The summed E-state index contributed by atoms with van der Waals surface area (Å²) in [6.07, 6.45) is 1.83. The third-order valence-corrected chi connectivity index (χ3v) is 3.00. The number of nitrogens with zero attached hydrogens (tertiary/aromatic N) is 3. The van der Waals surface area contributed by atoms with Gasteiger partial charge in [-0.05, 0) is 18.1 Å². The van der Waals surface area contributed by atoms with Crippen LogP contribution in [0.5, 0.6) is 0 Å². The molecule has 2 rings (SSSR count). The molecular formula is C11H15ClN4. The second-order valence-corrected chi connectivity index (χ2v) is 4.58. The van der Waals surface area contributed by atoms with Gasteiger partial charge in [0.05, 0.1) is 11.9 Å². The van der Waals surface area contributed by atoms with E-state index in [2.05, 4.69) is 23.9 Å². The van der Waals surface area contributed by atoms with Crippen molar-refractivity contribution in [1.82, 2.24) is 14.6 Å². The number of halogens is 1. The summed E-state index contributed by atoms with van der Waals surface area (Å²) >= 11 is 5.88. The number of hydrogen-bond acceptors (Lipinski definition) is 3. The minimum atomic E-state index is 0.251. The number of hydrogen-bond donors (Lipinski definition) is 1. The molecule has 0 bridgehead atoms. The number of imidazole rings is 1. The first-order valence-electron chi connectivity index (χ1n) is 5.33. The molecule has 0 saturated heterocycles. The molecule has 16 heavy (non-hydrogen) atoms. The molecule has 0 fully saturated rings. The van der Waals surface area contributed by atoms with Gasteiger partial charge in [0.15, 0.2) is 5.65 Å². The van der Waals surface area contributed by atoms with Crippen molar-refractivity contribution in [3.8, 4) is 0 Å². The van der Waals surface area contributed by atoms with E-state index in [1.807, 2.05) is 12.3 Å². The standard InChI is InChI=1S/C11H15ClN4/c1-7(2)8(5-13)9-6-14-11-4-3-10(12)15-16(9)11/h3-4,6-8H,5,13H2,1-2H3. The highest BCUT2D eigenvalue weighted by Crippen LogP contribution is 2.23. The Balaban J connectivity index is 2.55. The lowest BCUT2D eigenvalue weighted by Crippen LogP contribution is -2.19. The van der Waals surface area contributed by atoms with Crippen LogP contribution in [0.3, 0.4) is 0 Å². The van der Waals surface area contributed by atoms with E-state index >= 15 is 0 Å². The van der Waals surface area contributed by atoms with E-state index in [9.17, 15) is 0 Å². The predicted molar refractivity (Wildman–Crippen MR) is 64.6 cm³/mol. The van der Waals surface area contributed by atoms with Crippen molar-refractivity contribution >= 4 is 17.2 Å². The van der Waals surface area contributed by atoms with Crippen molar-refractivity contribution in [1.29, 1.82) is 0 Å². The van der Waals surface area contributed by atoms with E-state index in [0.717, 1.165) is 11.3 Å². The Hall–Kier alpha value is -1.13. The number of nitrogens with two attached hydrogens (primary N) is 1. The van der Waals surface area contributed by atoms with Crippen LogP contribution in [0.1, 0.15) is 25.5 Å². The lowest BCUT2D eigenvalue weighted by Gasteiger charge is -2.17. The molecule has 5 heteroatoms. The van der Waals surface area contributed by atoms with Gasteiger partial charge in [0, 0.05) is 12.5 Å². The van der Waals surface area contributed by atoms with Crippen LogP contribution in [0.15, 0.2) is 18.3 Å². The van der Waals surface area contributed by atoms with Crippen molar-refractivity contribution in [2.75, 3.05) is 6.54 Å². The molecule has 2 heterocycles. The smallest absolute Gasteiger partial charge is 0.153 e. The van der Waals surface area contributed by atoms with E-state index in [1.165, 1.54) is 0 Å². The fraction of sp³-hybridized carbons (Fsp3) is 0.455. The van der Waals surface area contributed by atoms with Crippen LogP contribution in [0, 0.1) is 5.92 Å². The Morgan fingerprint density at radius 3 is 2.81 bits per heavy atom. The maximum atomic E-state index is 5.88. The highest BCUT2D eigenvalue weighted by atomic mass is 35.5. The zero-order valence-corrected chi connectivity index (χ0v) is 10.1. The van der Waals surface area contributed by atoms with Gasteiger partial charge in [0.2, 0.25) is 0 Å². The molecule has 0 aliphatic carbocycles.